The van der Waals surface area contributed by atoms with Crippen molar-refractivity contribution in [1.82, 2.24) is 5.32 Å². The lowest BCUT2D eigenvalue weighted by Crippen LogP contribution is -2.04. The average molecular weight is 209 g/mol. The maximum atomic E-state index is 5.24. The largest absolute Gasteiger partial charge is 0.454 e. The summed E-state index contributed by atoms with van der Waals surface area (Å²) in [6.07, 6.45) is 1.25. The van der Waals surface area contributed by atoms with Crippen molar-refractivity contribution in [2.24, 2.45) is 0 Å². The Kier molecular flexibility index (Phi) is 4.98. The van der Waals surface area contributed by atoms with Gasteiger partial charge in [-0.15, -0.1) is 0 Å². The fraction of sp³-hybridized carbons (Fsp3) is 0.500. The first-order valence-corrected chi connectivity index (χ1v) is 5.34. The molecular formula is C12H19NO2. The van der Waals surface area contributed by atoms with Crippen molar-refractivity contribution >= 4 is 0 Å². The van der Waals surface area contributed by atoms with Gasteiger partial charge in [-0.3, -0.25) is 0 Å². The van der Waals surface area contributed by atoms with Crippen LogP contribution in [0.25, 0.3) is 0 Å². The van der Waals surface area contributed by atoms with Crippen LogP contribution in [0.1, 0.15) is 25.8 Å². The molecule has 1 aromatic carbocycles. The summed E-state index contributed by atoms with van der Waals surface area (Å²) < 4.78 is 10.4. The number of ether oxygens (including phenoxy) is 2. The Labute approximate surface area is 91.4 Å². The predicted octanol–water partition coefficient (Wildman–Crippen LogP) is 2.55. The Morgan fingerprint density at radius 2 is 1.87 bits per heavy atom. The van der Waals surface area contributed by atoms with E-state index in [1.165, 1.54) is 12.0 Å². The molecule has 0 aromatic heterocycles. The monoisotopic (exact) mass is 209 g/mol. The van der Waals surface area contributed by atoms with Crippen LogP contribution in [0, 0.1) is 0 Å². The molecule has 0 bridgehead atoms. The standard InChI is InChI=1S/C9H11NO2.C3H8/c1-10-5-7-2-3-8-9(4-7)12-6-11-8;1-3-2/h2-4,10H,5-6H2,1H3;3H2,1-2H3. The van der Waals surface area contributed by atoms with Crippen molar-refractivity contribution in [3.63, 3.8) is 0 Å². The molecule has 1 heterocycles. The van der Waals surface area contributed by atoms with Gasteiger partial charge in [0.2, 0.25) is 6.79 Å². The zero-order valence-corrected chi connectivity index (χ0v) is 9.67. The van der Waals surface area contributed by atoms with Crippen molar-refractivity contribution < 1.29 is 9.47 Å². The summed E-state index contributed by atoms with van der Waals surface area (Å²) in [5.74, 6) is 1.69. The van der Waals surface area contributed by atoms with E-state index in [1.807, 2.05) is 25.2 Å². The molecule has 0 saturated carbocycles. The van der Waals surface area contributed by atoms with Crippen molar-refractivity contribution in [3.8, 4) is 11.5 Å². The molecule has 0 spiro atoms. The molecule has 15 heavy (non-hydrogen) atoms. The van der Waals surface area contributed by atoms with E-state index in [9.17, 15) is 0 Å². The third-order valence-electron chi connectivity index (χ3n) is 1.82. The van der Waals surface area contributed by atoms with E-state index in [-0.39, 0.29) is 0 Å². The van der Waals surface area contributed by atoms with Crippen LogP contribution in [0.4, 0.5) is 0 Å². The number of hydrogen-bond acceptors (Lipinski definition) is 3. The van der Waals surface area contributed by atoms with E-state index >= 15 is 0 Å². The van der Waals surface area contributed by atoms with Crippen LogP contribution in [0.3, 0.4) is 0 Å². The van der Waals surface area contributed by atoms with Gasteiger partial charge in [0, 0.05) is 6.54 Å². The minimum Gasteiger partial charge on any atom is -0.454 e. The first-order chi connectivity index (χ1) is 7.31. The highest BCUT2D eigenvalue weighted by Crippen LogP contribution is 2.32. The highest BCUT2D eigenvalue weighted by molar-refractivity contribution is 5.44. The first-order valence-electron chi connectivity index (χ1n) is 5.34. The summed E-state index contributed by atoms with van der Waals surface area (Å²) in [5, 5.41) is 3.08. The van der Waals surface area contributed by atoms with Gasteiger partial charge < -0.3 is 14.8 Å². The van der Waals surface area contributed by atoms with Crippen molar-refractivity contribution in [1.29, 1.82) is 0 Å². The van der Waals surface area contributed by atoms with Gasteiger partial charge in [0.25, 0.3) is 0 Å². The summed E-state index contributed by atoms with van der Waals surface area (Å²) in [6.45, 7) is 5.45. The number of fused-ring (bicyclic) bond motifs is 1. The lowest BCUT2D eigenvalue weighted by atomic mass is 10.2. The highest BCUT2D eigenvalue weighted by Gasteiger charge is 2.12. The minimum atomic E-state index is 0.346. The molecule has 0 saturated heterocycles. The first kappa shape index (κ1) is 11.9. The minimum absolute atomic E-state index is 0.346. The third-order valence-corrected chi connectivity index (χ3v) is 1.82. The Morgan fingerprint density at radius 1 is 1.20 bits per heavy atom. The molecule has 3 nitrogen and oxygen atoms in total. The van der Waals surface area contributed by atoms with Gasteiger partial charge >= 0.3 is 0 Å². The van der Waals surface area contributed by atoms with Crippen LogP contribution in [0.15, 0.2) is 18.2 Å². The number of nitrogens with one attached hydrogen (secondary N) is 1. The van der Waals surface area contributed by atoms with E-state index in [2.05, 4.69) is 19.2 Å². The summed E-state index contributed by atoms with van der Waals surface area (Å²) in [5.41, 5.74) is 1.21. The fourth-order valence-electron chi connectivity index (χ4n) is 1.26. The Morgan fingerprint density at radius 3 is 2.53 bits per heavy atom. The zero-order chi connectivity index (χ0) is 11.1. The maximum Gasteiger partial charge on any atom is 0.231 e. The number of rotatable bonds is 2. The zero-order valence-electron chi connectivity index (χ0n) is 9.67. The molecule has 0 unspecified atom stereocenters. The van der Waals surface area contributed by atoms with E-state index < -0.39 is 0 Å². The number of benzene rings is 1. The molecule has 1 N–H and O–H groups in total. The molecule has 0 fully saturated rings. The summed E-state index contributed by atoms with van der Waals surface area (Å²) in [4.78, 5) is 0. The lowest BCUT2D eigenvalue weighted by Gasteiger charge is -2.00. The predicted molar refractivity (Wildman–Crippen MR) is 61.3 cm³/mol. The van der Waals surface area contributed by atoms with Crippen LogP contribution >= 0.6 is 0 Å². The van der Waals surface area contributed by atoms with Crippen molar-refractivity contribution in [3.05, 3.63) is 23.8 Å². The van der Waals surface area contributed by atoms with Crippen LogP contribution in [0.2, 0.25) is 0 Å². The normalized spacial score (nSPS) is 11.9. The van der Waals surface area contributed by atoms with E-state index in [4.69, 9.17) is 9.47 Å². The van der Waals surface area contributed by atoms with Gasteiger partial charge in [-0.2, -0.15) is 0 Å². The van der Waals surface area contributed by atoms with Gasteiger partial charge in [0.15, 0.2) is 11.5 Å². The quantitative estimate of drug-likeness (QED) is 0.812. The molecule has 0 radical (unpaired) electrons. The molecule has 2 rings (SSSR count). The molecule has 1 aliphatic rings. The second-order valence-electron chi connectivity index (χ2n) is 3.43. The van der Waals surface area contributed by atoms with Gasteiger partial charge in [0.1, 0.15) is 0 Å². The van der Waals surface area contributed by atoms with Crippen LogP contribution < -0.4 is 14.8 Å². The Balaban J connectivity index is 0.000000337. The topological polar surface area (TPSA) is 30.5 Å². The van der Waals surface area contributed by atoms with E-state index in [0.717, 1.165) is 18.0 Å². The number of hydrogen-bond donors (Lipinski definition) is 1. The van der Waals surface area contributed by atoms with Crippen LogP contribution in [-0.4, -0.2) is 13.8 Å². The maximum absolute atomic E-state index is 5.24. The Hall–Kier alpha value is -1.22. The molecule has 0 atom stereocenters. The van der Waals surface area contributed by atoms with Gasteiger partial charge in [-0.25, -0.2) is 0 Å². The molecule has 1 aliphatic heterocycles. The van der Waals surface area contributed by atoms with Crippen LogP contribution in [0.5, 0.6) is 11.5 Å². The van der Waals surface area contributed by atoms with E-state index in [1.54, 1.807) is 0 Å². The highest BCUT2D eigenvalue weighted by atomic mass is 16.7. The Bertz CT molecular complexity index is 300. The fourth-order valence-corrected chi connectivity index (χ4v) is 1.26. The summed E-state index contributed by atoms with van der Waals surface area (Å²) >= 11 is 0. The lowest BCUT2D eigenvalue weighted by molar-refractivity contribution is 0.174. The molecule has 3 heteroatoms. The molecular weight excluding hydrogens is 190 g/mol. The third kappa shape index (κ3) is 3.44. The molecule has 84 valence electrons. The average Bonchev–Trinajstić information content (AvgIpc) is 2.66. The molecule has 1 aromatic rings. The summed E-state index contributed by atoms with van der Waals surface area (Å²) in [7, 11) is 1.92. The van der Waals surface area contributed by atoms with Crippen molar-refractivity contribution in [2.75, 3.05) is 13.8 Å². The van der Waals surface area contributed by atoms with Gasteiger partial charge in [-0.05, 0) is 24.7 Å². The van der Waals surface area contributed by atoms with E-state index in [0.29, 0.717) is 6.79 Å². The SMILES string of the molecule is CCC.CNCc1ccc2c(c1)OCO2. The van der Waals surface area contributed by atoms with Gasteiger partial charge in [0.05, 0.1) is 0 Å². The summed E-state index contributed by atoms with van der Waals surface area (Å²) in [6, 6.07) is 5.97. The second kappa shape index (κ2) is 6.30. The van der Waals surface area contributed by atoms with Crippen LogP contribution in [-0.2, 0) is 6.54 Å². The smallest absolute Gasteiger partial charge is 0.231 e. The molecule has 0 aliphatic carbocycles. The van der Waals surface area contributed by atoms with Gasteiger partial charge in [-0.1, -0.05) is 26.3 Å². The van der Waals surface area contributed by atoms with Crippen molar-refractivity contribution in [2.45, 2.75) is 26.8 Å². The second-order valence-corrected chi connectivity index (χ2v) is 3.43. The molecule has 0 amide bonds.